The molecule has 3 nitrogen and oxygen atoms in total. The topological polar surface area (TPSA) is 31.4 Å². The Kier molecular flexibility index (Phi) is 7.21. The summed E-state index contributed by atoms with van der Waals surface area (Å²) in [7, 11) is 0. The van der Waals surface area contributed by atoms with Crippen LogP contribution in [-0.2, 0) is 4.74 Å². The monoisotopic (exact) mass is 399 g/mol. The van der Waals surface area contributed by atoms with E-state index >= 15 is 0 Å². The SMILES string of the molecule is C=CCOC(C(=Cc1cccnc1)Oc1ccc(-c2ccccc2)cc1)C(C)(C)C. The molecule has 1 heterocycles. The molecule has 154 valence electrons. The van der Waals surface area contributed by atoms with Crippen molar-refractivity contribution in [2.45, 2.75) is 26.9 Å². The molecule has 0 saturated heterocycles. The van der Waals surface area contributed by atoms with Crippen LogP contribution in [0.25, 0.3) is 17.2 Å². The second kappa shape index (κ2) is 10.0. The van der Waals surface area contributed by atoms with Crippen molar-refractivity contribution in [3.63, 3.8) is 0 Å². The van der Waals surface area contributed by atoms with Crippen molar-refractivity contribution in [1.29, 1.82) is 0 Å². The molecule has 1 aromatic heterocycles. The first-order valence-corrected chi connectivity index (χ1v) is 10.1. The van der Waals surface area contributed by atoms with Crippen LogP contribution in [0.3, 0.4) is 0 Å². The van der Waals surface area contributed by atoms with Crippen LogP contribution in [0.15, 0.2) is 97.5 Å². The molecule has 0 spiro atoms. The van der Waals surface area contributed by atoms with Gasteiger partial charge in [0, 0.05) is 12.4 Å². The summed E-state index contributed by atoms with van der Waals surface area (Å²) in [5, 5.41) is 0. The van der Waals surface area contributed by atoms with E-state index in [0.29, 0.717) is 6.61 Å². The number of ether oxygens (including phenoxy) is 2. The molecule has 3 heteroatoms. The van der Waals surface area contributed by atoms with Crippen LogP contribution in [0.4, 0.5) is 0 Å². The Morgan fingerprint density at radius 1 is 0.967 bits per heavy atom. The van der Waals surface area contributed by atoms with Gasteiger partial charge in [0.1, 0.15) is 17.6 Å². The molecule has 0 fully saturated rings. The summed E-state index contributed by atoms with van der Waals surface area (Å²) >= 11 is 0. The third-order valence-corrected chi connectivity index (χ3v) is 4.62. The second-order valence-electron chi connectivity index (χ2n) is 8.19. The Morgan fingerprint density at radius 3 is 2.27 bits per heavy atom. The van der Waals surface area contributed by atoms with Gasteiger partial charge in [0.2, 0.25) is 0 Å². The Balaban J connectivity index is 1.92. The molecule has 0 aliphatic rings. The molecule has 0 bridgehead atoms. The Hall–Kier alpha value is -3.17. The van der Waals surface area contributed by atoms with Gasteiger partial charge in [-0.25, -0.2) is 0 Å². The highest BCUT2D eigenvalue weighted by Crippen LogP contribution is 2.32. The molecule has 0 amide bonds. The first-order valence-electron chi connectivity index (χ1n) is 10.1. The molecule has 3 aromatic rings. The van der Waals surface area contributed by atoms with E-state index in [-0.39, 0.29) is 11.5 Å². The summed E-state index contributed by atoms with van der Waals surface area (Å²) in [6.07, 6.45) is 7.08. The summed E-state index contributed by atoms with van der Waals surface area (Å²) in [4.78, 5) is 4.22. The first-order chi connectivity index (χ1) is 14.5. The average molecular weight is 400 g/mol. The fourth-order valence-corrected chi connectivity index (χ4v) is 3.19. The van der Waals surface area contributed by atoms with Crippen LogP contribution < -0.4 is 4.74 Å². The summed E-state index contributed by atoms with van der Waals surface area (Å²) in [5.74, 6) is 1.51. The summed E-state index contributed by atoms with van der Waals surface area (Å²) in [5.41, 5.74) is 3.12. The molecule has 0 radical (unpaired) electrons. The standard InChI is InChI=1S/C27H29NO2/c1-5-18-29-26(27(2,3)4)25(19-21-10-9-17-28-20-21)30-24-15-13-23(14-16-24)22-11-7-6-8-12-22/h5-17,19-20,26H,1,18H2,2-4H3. The van der Waals surface area contributed by atoms with Gasteiger partial charge in [0.15, 0.2) is 0 Å². The van der Waals surface area contributed by atoms with E-state index in [1.54, 1.807) is 12.3 Å². The van der Waals surface area contributed by atoms with Crippen LogP contribution in [0.2, 0.25) is 0 Å². The van der Waals surface area contributed by atoms with Crippen molar-refractivity contribution in [3.8, 4) is 16.9 Å². The van der Waals surface area contributed by atoms with Gasteiger partial charge >= 0.3 is 0 Å². The minimum Gasteiger partial charge on any atom is -0.459 e. The molecular formula is C27H29NO2. The van der Waals surface area contributed by atoms with Crippen LogP contribution in [-0.4, -0.2) is 17.7 Å². The molecule has 30 heavy (non-hydrogen) atoms. The van der Waals surface area contributed by atoms with E-state index in [2.05, 4.69) is 56.6 Å². The Morgan fingerprint density at radius 2 is 1.67 bits per heavy atom. The maximum absolute atomic E-state index is 6.37. The highest BCUT2D eigenvalue weighted by molar-refractivity contribution is 5.64. The molecule has 1 unspecified atom stereocenters. The molecule has 1 atom stereocenters. The molecule has 2 aromatic carbocycles. The average Bonchev–Trinajstić information content (AvgIpc) is 2.75. The van der Waals surface area contributed by atoms with Crippen LogP contribution in [0.1, 0.15) is 26.3 Å². The predicted molar refractivity (Wildman–Crippen MR) is 124 cm³/mol. The van der Waals surface area contributed by atoms with E-state index in [1.165, 1.54) is 5.56 Å². The van der Waals surface area contributed by atoms with Crippen molar-refractivity contribution in [2.24, 2.45) is 5.41 Å². The normalized spacial score (nSPS) is 13.0. The summed E-state index contributed by atoms with van der Waals surface area (Å²) < 4.78 is 12.5. The maximum Gasteiger partial charge on any atom is 0.134 e. The Labute approximate surface area is 179 Å². The maximum atomic E-state index is 6.37. The zero-order chi connectivity index (χ0) is 21.4. The van der Waals surface area contributed by atoms with Gasteiger partial charge in [0.05, 0.1) is 6.61 Å². The van der Waals surface area contributed by atoms with Crippen molar-refractivity contribution in [3.05, 3.63) is 103 Å². The lowest BCUT2D eigenvalue weighted by Crippen LogP contribution is -2.33. The minimum absolute atomic E-state index is 0.166. The first kappa shape index (κ1) is 21.5. The fourth-order valence-electron chi connectivity index (χ4n) is 3.19. The molecule has 0 saturated carbocycles. The Bertz CT molecular complexity index is 955. The number of benzene rings is 2. The number of pyridine rings is 1. The summed E-state index contributed by atoms with van der Waals surface area (Å²) in [6.45, 7) is 10.6. The lowest BCUT2D eigenvalue weighted by molar-refractivity contribution is 0.00175. The molecule has 3 rings (SSSR count). The number of nitrogens with zero attached hydrogens (tertiary/aromatic N) is 1. The van der Waals surface area contributed by atoms with Crippen LogP contribution in [0, 0.1) is 5.41 Å². The van der Waals surface area contributed by atoms with Crippen molar-refractivity contribution in [1.82, 2.24) is 4.98 Å². The van der Waals surface area contributed by atoms with Gasteiger partial charge in [-0.2, -0.15) is 0 Å². The van der Waals surface area contributed by atoms with Gasteiger partial charge in [-0.15, -0.1) is 6.58 Å². The highest BCUT2D eigenvalue weighted by Gasteiger charge is 2.30. The zero-order valence-corrected chi connectivity index (χ0v) is 17.9. The van der Waals surface area contributed by atoms with Gasteiger partial charge in [-0.3, -0.25) is 4.98 Å². The molecular weight excluding hydrogens is 370 g/mol. The van der Waals surface area contributed by atoms with Crippen molar-refractivity contribution < 1.29 is 9.47 Å². The summed E-state index contributed by atoms with van der Waals surface area (Å²) in [6, 6.07) is 22.3. The van der Waals surface area contributed by atoms with Crippen molar-refractivity contribution >= 4 is 6.08 Å². The number of rotatable bonds is 8. The highest BCUT2D eigenvalue weighted by atomic mass is 16.5. The lowest BCUT2D eigenvalue weighted by atomic mass is 9.87. The molecule has 0 aliphatic heterocycles. The van der Waals surface area contributed by atoms with Crippen molar-refractivity contribution in [2.75, 3.05) is 6.61 Å². The number of aromatic nitrogens is 1. The van der Waals surface area contributed by atoms with Gasteiger partial charge < -0.3 is 9.47 Å². The van der Waals surface area contributed by atoms with E-state index in [4.69, 9.17) is 9.47 Å². The van der Waals surface area contributed by atoms with Gasteiger partial charge in [0.25, 0.3) is 0 Å². The van der Waals surface area contributed by atoms with E-state index in [0.717, 1.165) is 22.6 Å². The fraction of sp³-hybridized carbons (Fsp3) is 0.222. The largest absolute Gasteiger partial charge is 0.459 e. The third-order valence-electron chi connectivity index (χ3n) is 4.62. The predicted octanol–water partition coefficient (Wildman–Crippen LogP) is 6.79. The van der Waals surface area contributed by atoms with Gasteiger partial charge in [-0.1, -0.05) is 75.4 Å². The number of hydrogen-bond donors (Lipinski definition) is 0. The van der Waals surface area contributed by atoms with E-state index < -0.39 is 0 Å². The molecule has 0 N–H and O–H groups in total. The van der Waals surface area contributed by atoms with Crippen LogP contribution in [0.5, 0.6) is 5.75 Å². The smallest absolute Gasteiger partial charge is 0.134 e. The van der Waals surface area contributed by atoms with E-state index in [9.17, 15) is 0 Å². The minimum atomic E-state index is -0.246. The van der Waals surface area contributed by atoms with E-state index in [1.807, 2.05) is 54.7 Å². The quantitative estimate of drug-likeness (QED) is 0.309. The molecule has 0 aliphatic carbocycles. The van der Waals surface area contributed by atoms with Gasteiger partial charge in [-0.05, 0) is 46.4 Å². The second-order valence-corrected chi connectivity index (χ2v) is 8.19. The van der Waals surface area contributed by atoms with Crippen LogP contribution >= 0.6 is 0 Å². The number of hydrogen-bond acceptors (Lipinski definition) is 3. The lowest BCUT2D eigenvalue weighted by Gasteiger charge is -2.32. The zero-order valence-electron chi connectivity index (χ0n) is 17.9. The third kappa shape index (κ3) is 5.91.